The van der Waals surface area contributed by atoms with E-state index in [0.29, 0.717) is 5.69 Å². The fourth-order valence-electron chi connectivity index (χ4n) is 0.999. The van der Waals surface area contributed by atoms with Crippen LogP contribution in [0, 0.1) is 0 Å². The van der Waals surface area contributed by atoms with Gasteiger partial charge in [0.25, 0.3) is 0 Å². The lowest BCUT2D eigenvalue weighted by Crippen LogP contribution is -2.10. The third-order valence-corrected chi connectivity index (χ3v) is 1.75. The van der Waals surface area contributed by atoms with Crippen LogP contribution in [-0.2, 0) is 4.79 Å². The SMILES string of the molecule is CCC(=O)Oc1ccc(N)cc1C(=O)O. The van der Waals surface area contributed by atoms with Crippen molar-refractivity contribution in [2.24, 2.45) is 0 Å². The van der Waals surface area contributed by atoms with Gasteiger partial charge in [0.1, 0.15) is 11.3 Å². The van der Waals surface area contributed by atoms with E-state index in [1.165, 1.54) is 18.2 Å². The summed E-state index contributed by atoms with van der Waals surface area (Å²) in [6.45, 7) is 1.63. The molecule has 80 valence electrons. The van der Waals surface area contributed by atoms with Gasteiger partial charge in [-0.25, -0.2) is 4.79 Å². The number of carbonyl (C=O) groups excluding carboxylic acids is 1. The predicted octanol–water partition coefficient (Wildman–Crippen LogP) is 1.28. The van der Waals surface area contributed by atoms with Crippen LogP contribution in [0.15, 0.2) is 18.2 Å². The van der Waals surface area contributed by atoms with E-state index in [-0.39, 0.29) is 17.7 Å². The Bertz CT molecular complexity index is 400. The van der Waals surface area contributed by atoms with Gasteiger partial charge in [-0.15, -0.1) is 0 Å². The quantitative estimate of drug-likeness (QED) is 0.444. The highest BCUT2D eigenvalue weighted by atomic mass is 16.5. The van der Waals surface area contributed by atoms with E-state index in [1.54, 1.807) is 6.92 Å². The smallest absolute Gasteiger partial charge is 0.339 e. The van der Waals surface area contributed by atoms with Crippen LogP contribution in [0.5, 0.6) is 5.75 Å². The first-order chi connectivity index (χ1) is 7.04. The molecular weight excluding hydrogens is 198 g/mol. The Kier molecular flexibility index (Phi) is 3.28. The highest BCUT2D eigenvalue weighted by Crippen LogP contribution is 2.21. The number of carboxylic acids is 1. The van der Waals surface area contributed by atoms with Gasteiger partial charge in [-0.2, -0.15) is 0 Å². The number of benzene rings is 1. The number of aromatic carboxylic acids is 1. The topological polar surface area (TPSA) is 89.6 Å². The van der Waals surface area contributed by atoms with E-state index in [1.807, 2.05) is 0 Å². The van der Waals surface area contributed by atoms with Gasteiger partial charge in [-0.05, 0) is 18.2 Å². The minimum absolute atomic E-state index is 0.0172. The fraction of sp³-hybridized carbons (Fsp3) is 0.200. The molecule has 0 aliphatic rings. The van der Waals surface area contributed by atoms with Crippen molar-refractivity contribution in [1.82, 2.24) is 0 Å². The maximum atomic E-state index is 11.0. The molecule has 0 unspecified atom stereocenters. The van der Waals surface area contributed by atoms with Gasteiger partial charge in [0.15, 0.2) is 0 Å². The Morgan fingerprint density at radius 1 is 1.47 bits per heavy atom. The Hall–Kier alpha value is -2.04. The Labute approximate surface area is 86.5 Å². The Morgan fingerprint density at radius 3 is 2.67 bits per heavy atom. The first-order valence-corrected chi connectivity index (χ1v) is 4.38. The summed E-state index contributed by atoms with van der Waals surface area (Å²) in [4.78, 5) is 21.8. The number of hydrogen-bond donors (Lipinski definition) is 2. The van der Waals surface area contributed by atoms with E-state index in [4.69, 9.17) is 15.6 Å². The summed E-state index contributed by atoms with van der Waals surface area (Å²) in [5.74, 6) is -1.65. The number of carbonyl (C=O) groups is 2. The van der Waals surface area contributed by atoms with Gasteiger partial charge in [0, 0.05) is 12.1 Å². The minimum Gasteiger partial charge on any atom is -0.478 e. The summed E-state index contributed by atoms with van der Waals surface area (Å²) < 4.78 is 4.84. The third kappa shape index (κ3) is 2.70. The lowest BCUT2D eigenvalue weighted by atomic mass is 10.2. The van der Waals surface area contributed by atoms with Crippen LogP contribution in [-0.4, -0.2) is 17.0 Å². The second-order valence-electron chi connectivity index (χ2n) is 2.89. The molecule has 0 heterocycles. The lowest BCUT2D eigenvalue weighted by molar-refractivity contribution is -0.134. The highest BCUT2D eigenvalue weighted by molar-refractivity contribution is 5.93. The average molecular weight is 209 g/mol. The number of anilines is 1. The van der Waals surface area contributed by atoms with Crippen molar-refractivity contribution in [3.8, 4) is 5.75 Å². The van der Waals surface area contributed by atoms with Crippen LogP contribution in [0.4, 0.5) is 5.69 Å². The molecule has 1 rings (SSSR count). The van der Waals surface area contributed by atoms with E-state index >= 15 is 0 Å². The zero-order valence-electron chi connectivity index (χ0n) is 8.19. The molecule has 0 spiro atoms. The molecule has 3 N–H and O–H groups in total. The van der Waals surface area contributed by atoms with Crippen molar-refractivity contribution >= 4 is 17.6 Å². The van der Waals surface area contributed by atoms with Crippen LogP contribution in [0.1, 0.15) is 23.7 Å². The molecule has 0 fully saturated rings. The molecule has 0 atom stereocenters. The second-order valence-corrected chi connectivity index (χ2v) is 2.89. The molecule has 0 saturated carbocycles. The fourth-order valence-corrected chi connectivity index (χ4v) is 0.999. The molecule has 0 aliphatic carbocycles. The zero-order chi connectivity index (χ0) is 11.4. The van der Waals surface area contributed by atoms with E-state index in [0.717, 1.165) is 0 Å². The molecular formula is C10H11NO4. The molecule has 0 radical (unpaired) electrons. The number of hydrogen-bond acceptors (Lipinski definition) is 4. The molecule has 0 aliphatic heterocycles. The summed E-state index contributed by atoms with van der Waals surface area (Å²) in [7, 11) is 0. The second kappa shape index (κ2) is 4.45. The van der Waals surface area contributed by atoms with Crippen LogP contribution in [0.2, 0.25) is 0 Å². The van der Waals surface area contributed by atoms with Crippen molar-refractivity contribution in [3.63, 3.8) is 0 Å². The average Bonchev–Trinajstić information content (AvgIpc) is 2.20. The van der Waals surface area contributed by atoms with E-state index in [9.17, 15) is 9.59 Å². The molecule has 0 aromatic heterocycles. The van der Waals surface area contributed by atoms with E-state index in [2.05, 4.69) is 0 Å². The third-order valence-electron chi connectivity index (χ3n) is 1.75. The van der Waals surface area contributed by atoms with Crippen molar-refractivity contribution < 1.29 is 19.4 Å². The van der Waals surface area contributed by atoms with Crippen molar-refractivity contribution in [2.45, 2.75) is 13.3 Å². The zero-order valence-corrected chi connectivity index (χ0v) is 8.19. The number of nitrogen functional groups attached to an aromatic ring is 1. The van der Waals surface area contributed by atoms with Crippen LogP contribution in [0.25, 0.3) is 0 Å². The summed E-state index contributed by atoms with van der Waals surface area (Å²) in [5, 5.41) is 8.83. The number of esters is 1. The van der Waals surface area contributed by atoms with Crippen LogP contribution >= 0.6 is 0 Å². The number of carboxylic acid groups (broad SMARTS) is 1. The minimum atomic E-state index is -1.18. The summed E-state index contributed by atoms with van der Waals surface area (Å²) in [6.07, 6.45) is 0.184. The normalized spacial score (nSPS) is 9.67. The van der Waals surface area contributed by atoms with Gasteiger partial charge < -0.3 is 15.6 Å². The molecule has 15 heavy (non-hydrogen) atoms. The molecule has 0 bridgehead atoms. The predicted molar refractivity (Wildman–Crippen MR) is 53.7 cm³/mol. The Balaban J connectivity index is 3.06. The van der Waals surface area contributed by atoms with E-state index < -0.39 is 11.9 Å². The van der Waals surface area contributed by atoms with Crippen molar-refractivity contribution in [3.05, 3.63) is 23.8 Å². The van der Waals surface area contributed by atoms with Gasteiger partial charge >= 0.3 is 11.9 Å². The van der Waals surface area contributed by atoms with Crippen molar-refractivity contribution in [1.29, 1.82) is 0 Å². The van der Waals surface area contributed by atoms with Gasteiger partial charge in [0.05, 0.1) is 0 Å². The van der Waals surface area contributed by atoms with Gasteiger partial charge in [0.2, 0.25) is 0 Å². The number of rotatable bonds is 3. The largest absolute Gasteiger partial charge is 0.478 e. The maximum Gasteiger partial charge on any atom is 0.339 e. The molecule has 0 amide bonds. The van der Waals surface area contributed by atoms with Gasteiger partial charge in [-0.1, -0.05) is 6.92 Å². The van der Waals surface area contributed by atoms with Crippen LogP contribution in [0.3, 0.4) is 0 Å². The number of ether oxygens (including phenoxy) is 1. The Morgan fingerprint density at radius 2 is 2.13 bits per heavy atom. The standard InChI is InChI=1S/C10H11NO4/c1-2-9(12)15-8-4-3-6(11)5-7(8)10(13)14/h3-5H,2,11H2,1H3,(H,13,14). The summed E-state index contributed by atoms with van der Waals surface area (Å²) in [5.41, 5.74) is 5.62. The van der Waals surface area contributed by atoms with Crippen molar-refractivity contribution in [2.75, 3.05) is 5.73 Å². The highest BCUT2D eigenvalue weighted by Gasteiger charge is 2.13. The molecule has 1 aromatic rings. The molecule has 1 aromatic carbocycles. The monoisotopic (exact) mass is 209 g/mol. The molecule has 5 nitrogen and oxygen atoms in total. The first-order valence-electron chi connectivity index (χ1n) is 4.38. The molecule has 0 saturated heterocycles. The number of nitrogens with two attached hydrogens (primary N) is 1. The maximum absolute atomic E-state index is 11.0. The van der Waals surface area contributed by atoms with Gasteiger partial charge in [-0.3, -0.25) is 4.79 Å². The lowest BCUT2D eigenvalue weighted by Gasteiger charge is -2.06. The first kappa shape index (κ1) is 11.0. The van der Waals surface area contributed by atoms with Crippen LogP contribution < -0.4 is 10.5 Å². The summed E-state index contributed by atoms with van der Waals surface area (Å²) >= 11 is 0. The summed E-state index contributed by atoms with van der Waals surface area (Å²) in [6, 6.07) is 4.09. The molecule has 5 heteroatoms.